The van der Waals surface area contributed by atoms with Crippen LogP contribution in [0.15, 0.2) is 63.5 Å². The molecule has 196 valence electrons. The number of fused-ring (bicyclic) bond motifs is 2. The number of thiazole rings is 1. The molecule has 0 saturated carbocycles. The molecule has 1 atom stereocenters. The summed E-state index contributed by atoms with van der Waals surface area (Å²) in [5, 5.41) is 2.84. The maximum atomic E-state index is 14.2. The van der Waals surface area contributed by atoms with Gasteiger partial charge in [-0.1, -0.05) is 29.5 Å². The van der Waals surface area contributed by atoms with Gasteiger partial charge in [0.05, 0.1) is 31.1 Å². The Labute approximate surface area is 223 Å². The van der Waals surface area contributed by atoms with Crippen molar-refractivity contribution in [3.63, 3.8) is 0 Å². The minimum absolute atomic E-state index is 0.215. The summed E-state index contributed by atoms with van der Waals surface area (Å²) in [4.78, 5) is 47.8. The summed E-state index contributed by atoms with van der Waals surface area (Å²) in [6.45, 7) is 6.59. The predicted octanol–water partition coefficient (Wildman–Crippen LogP) is 2.44. The molecule has 0 spiro atoms. The summed E-state index contributed by atoms with van der Waals surface area (Å²) in [5.41, 5.74) is 2.68. The van der Waals surface area contributed by atoms with Crippen molar-refractivity contribution in [3.8, 4) is 11.5 Å². The molecular weight excluding hydrogens is 504 g/mol. The first-order valence-electron chi connectivity index (χ1n) is 12.3. The van der Waals surface area contributed by atoms with Gasteiger partial charge in [0.2, 0.25) is 0 Å². The van der Waals surface area contributed by atoms with Crippen molar-refractivity contribution in [3.05, 3.63) is 84.5 Å². The molecular formula is C28H28N4O5S. The molecule has 0 radical (unpaired) electrons. The molecule has 2 aliphatic heterocycles. The smallest absolute Gasteiger partial charge is 0.271 e. The Morgan fingerprint density at radius 1 is 1.11 bits per heavy atom. The van der Waals surface area contributed by atoms with E-state index in [0.29, 0.717) is 63.0 Å². The zero-order valence-electron chi connectivity index (χ0n) is 21.8. The third kappa shape index (κ3) is 3.92. The molecule has 2 aliphatic rings. The molecule has 0 fully saturated rings. The van der Waals surface area contributed by atoms with Crippen molar-refractivity contribution < 1.29 is 19.1 Å². The highest BCUT2D eigenvalue weighted by Crippen LogP contribution is 2.38. The third-order valence-corrected chi connectivity index (χ3v) is 7.96. The van der Waals surface area contributed by atoms with E-state index in [1.807, 2.05) is 32.0 Å². The fourth-order valence-corrected chi connectivity index (χ4v) is 6.16. The second-order valence-corrected chi connectivity index (χ2v) is 9.84. The van der Waals surface area contributed by atoms with Crippen LogP contribution in [0.2, 0.25) is 0 Å². The van der Waals surface area contributed by atoms with Crippen LogP contribution >= 0.6 is 11.3 Å². The second-order valence-electron chi connectivity index (χ2n) is 8.86. The van der Waals surface area contributed by atoms with Crippen LogP contribution in [-0.2, 0) is 9.59 Å². The van der Waals surface area contributed by atoms with Crippen LogP contribution in [0.4, 0.5) is 5.69 Å². The van der Waals surface area contributed by atoms with Crippen molar-refractivity contribution in [2.24, 2.45) is 4.99 Å². The summed E-state index contributed by atoms with van der Waals surface area (Å²) >= 11 is 1.14. The van der Waals surface area contributed by atoms with E-state index >= 15 is 0 Å². The molecule has 3 heterocycles. The van der Waals surface area contributed by atoms with E-state index in [1.165, 1.54) is 4.57 Å². The Kier molecular flexibility index (Phi) is 6.66. The number of allylic oxidation sites excluding steroid dienone is 1. The minimum atomic E-state index is -0.835. The predicted molar refractivity (Wildman–Crippen MR) is 145 cm³/mol. The number of carbonyl (C=O) groups is 2. The van der Waals surface area contributed by atoms with E-state index in [1.54, 1.807) is 50.3 Å². The lowest BCUT2D eigenvalue weighted by atomic mass is 9.93. The van der Waals surface area contributed by atoms with Gasteiger partial charge in [0, 0.05) is 29.9 Å². The first kappa shape index (κ1) is 25.5. The Morgan fingerprint density at radius 2 is 1.84 bits per heavy atom. The number of anilines is 1. The van der Waals surface area contributed by atoms with Crippen molar-refractivity contribution in [2.45, 2.75) is 26.8 Å². The van der Waals surface area contributed by atoms with Gasteiger partial charge in [0.15, 0.2) is 4.80 Å². The molecule has 0 aliphatic carbocycles. The van der Waals surface area contributed by atoms with Crippen LogP contribution in [0.5, 0.6) is 11.5 Å². The maximum Gasteiger partial charge on any atom is 0.271 e. The Bertz CT molecular complexity index is 1680. The number of para-hydroxylation sites is 1. The van der Waals surface area contributed by atoms with E-state index in [2.05, 4.69) is 5.32 Å². The summed E-state index contributed by atoms with van der Waals surface area (Å²) in [6, 6.07) is 11.7. The zero-order valence-corrected chi connectivity index (χ0v) is 22.6. The number of hydrogen-bond donors (Lipinski definition) is 1. The largest absolute Gasteiger partial charge is 0.497 e. The van der Waals surface area contributed by atoms with Gasteiger partial charge in [0.25, 0.3) is 17.4 Å². The topological polar surface area (TPSA) is 102 Å². The highest BCUT2D eigenvalue weighted by Gasteiger charge is 2.37. The average molecular weight is 533 g/mol. The normalized spacial score (nSPS) is 17.4. The number of benzene rings is 2. The number of amides is 2. The van der Waals surface area contributed by atoms with Crippen LogP contribution < -0.4 is 29.7 Å². The number of aromatic nitrogens is 1. The van der Waals surface area contributed by atoms with Gasteiger partial charge >= 0.3 is 0 Å². The van der Waals surface area contributed by atoms with Gasteiger partial charge < -0.3 is 19.7 Å². The molecule has 5 rings (SSSR count). The van der Waals surface area contributed by atoms with E-state index in [9.17, 15) is 14.4 Å². The summed E-state index contributed by atoms with van der Waals surface area (Å²) in [5.74, 6) is 0.492. The highest BCUT2D eigenvalue weighted by atomic mass is 32.1. The molecule has 1 N–H and O–H groups in total. The SMILES string of the molecule is CCN(CC)C(=O)C1=C(C)N=c2s/c(=C3\C(=O)Nc4ccccc43)c(=O)n2[C@@H]1c1cc(OC)ccc1OC. The highest BCUT2D eigenvalue weighted by molar-refractivity contribution is 7.07. The first-order chi connectivity index (χ1) is 18.3. The van der Waals surface area contributed by atoms with Crippen molar-refractivity contribution in [1.82, 2.24) is 9.47 Å². The summed E-state index contributed by atoms with van der Waals surface area (Å²) < 4.78 is 12.9. The lowest BCUT2D eigenvalue weighted by molar-refractivity contribution is -0.127. The van der Waals surface area contributed by atoms with Crippen molar-refractivity contribution in [2.75, 3.05) is 32.6 Å². The molecule has 10 heteroatoms. The third-order valence-electron chi connectivity index (χ3n) is 6.91. The number of rotatable bonds is 6. The number of carbonyl (C=O) groups excluding carboxylic acids is 2. The zero-order chi connectivity index (χ0) is 27.1. The lowest BCUT2D eigenvalue weighted by Crippen LogP contribution is -2.43. The Hall–Kier alpha value is -4.18. The molecule has 0 saturated heterocycles. The molecule has 9 nitrogen and oxygen atoms in total. The fraction of sp³-hybridized carbons (Fsp3) is 0.286. The average Bonchev–Trinajstić information content (AvgIpc) is 3.42. The second kappa shape index (κ2) is 9.94. The van der Waals surface area contributed by atoms with Gasteiger partial charge in [-0.25, -0.2) is 4.99 Å². The van der Waals surface area contributed by atoms with E-state index in [0.717, 1.165) is 11.3 Å². The molecule has 2 amide bonds. The van der Waals surface area contributed by atoms with Crippen LogP contribution in [0.25, 0.3) is 5.57 Å². The maximum absolute atomic E-state index is 14.2. The van der Waals surface area contributed by atoms with Gasteiger partial charge in [-0.15, -0.1) is 0 Å². The molecule has 1 aromatic heterocycles. The molecule has 0 bridgehead atoms. The van der Waals surface area contributed by atoms with Crippen molar-refractivity contribution >= 4 is 34.4 Å². The quantitative estimate of drug-likeness (QED) is 0.526. The minimum Gasteiger partial charge on any atom is -0.497 e. The summed E-state index contributed by atoms with van der Waals surface area (Å²) in [7, 11) is 3.09. The van der Waals surface area contributed by atoms with Gasteiger partial charge in [-0.05, 0) is 45.0 Å². The van der Waals surface area contributed by atoms with Crippen LogP contribution in [0, 0.1) is 0 Å². The fourth-order valence-electron chi connectivity index (χ4n) is 5.02. The number of nitrogens with one attached hydrogen (secondary N) is 1. The molecule has 2 aromatic carbocycles. The van der Waals surface area contributed by atoms with E-state index in [-0.39, 0.29) is 16.3 Å². The van der Waals surface area contributed by atoms with E-state index in [4.69, 9.17) is 14.5 Å². The van der Waals surface area contributed by atoms with Crippen LogP contribution in [-0.4, -0.2) is 48.6 Å². The molecule has 3 aromatic rings. The number of ether oxygens (including phenoxy) is 2. The van der Waals surface area contributed by atoms with Gasteiger partial charge in [0.1, 0.15) is 22.1 Å². The van der Waals surface area contributed by atoms with E-state index < -0.39 is 11.6 Å². The van der Waals surface area contributed by atoms with Crippen LogP contribution in [0.3, 0.4) is 0 Å². The van der Waals surface area contributed by atoms with Gasteiger partial charge in [-0.3, -0.25) is 19.0 Å². The monoisotopic (exact) mass is 532 g/mol. The number of likely N-dealkylation sites (N-methyl/N-ethyl adjacent to an activating group) is 1. The number of hydrogen-bond acceptors (Lipinski definition) is 7. The summed E-state index contributed by atoms with van der Waals surface area (Å²) in [6.07, 6.45) is 0. The Morgan fingerprint density at radius 3 is 2.53 bits per heavy atom. The van der Waals surface area contributed by atoms with Crippen LogP contribution in [0.1, 0.15) is 37.9 Å². The number of methoxy groups -OCH3 is 2. The standard InChI is InChI=1S/C28H28N4O5S/c1-6-31(7-2)26(34)21-15(3)29-28-32(23(21)18-14-16(36-4)12-13-20(18)37-5)27(35)24(38-28)22-17-10-8-9-11-19(17)30-25(22)33/h8-14,23H,6-7H2,1-5H3,(H,30,33)/b24-22-/t23-/m1/s1. The molecule has 38 heavy (non-hydrogen) atoms. The first-order valence-corrected chi connectivity index (χ1v) is 13.1. The Balaban J connectivity index is 1.86. The van der Waals surface area contributed by atoms with Gasteiger partial charge in [-0.2, -0.15) is 0 Å². The molecule has 0 unspecified atom stereocenters. The number of nitrogens with zero attached hydrogens (tertiary/aromatic N) is 3. The lowest BCUT2D eigenvalue weighted by Gasteiger charge is -2.30. The van der Waals surface area contributed by atoms with Crippen molar-refractivity contribution in [1.29, 1.82) is 0 Å².